The molecular weight excluding hydrogens is 869 g/mol. The number of piperazine rings is 1. The molecule has 3 aliphatic heterocycles. The zero-order valence-electron chi connectivity index (χ0n) is 37.1. The Morgan fingerprint density at radius 2 is 1.60 bits per heavy atom. The van der Waals surface area contributed by atoms with Crippen molar-refractivity contribution in [3.05, 3.63) is 126 Å². The topological polar surface area (TPSA) is 157 Å². The van der Waals surface area contributed by atoms with E-state index in [1.54, 1.807) is 41.5 Å². The lowest BCUT2D eigenvalue weighted by molar-refractivity contribution is -0.138. The quantitative estimate of drug-likeness (QED) is 0.0680. The van der Waals surface area contributed by atoms with Gasteiger partial charge in [-0.25, -0.2) is 9.37 Å². The van der Waals surface area contributed by atoms with Gasteiger partial charge in [0.2, 0.25) is 23.6 Å². The van der Waals surface area contributed by atoms with Crippen LogP contribution in [0.15, 0.2) is 104 Å². The van der Waals surface area contributed by atoms with Crippen LogP contribution in [0.4, 0.5) is 34.8 Å². The molecule has 0 bridgehead atoms. The highest BCUT2D eigenvalue weighted by Crippen LogP contribution is 2.31. The maximum Gasteiger partial charge on any atom is 0.416 e. The van der Waals surface area contributed by atoms with Crippen molar-refractivity contribution >= 4 is 40.8 Å². The molecule has 0 aliphatic carbocycles. The lowest BCUT2D eigenvalue weighted by atomic mass is 9.96. The number of benzene rings is 3. The van der Waals surface area contributed by atoms with E-state index in [1.807, 2.05) is 53.1 Å². The minimum absolute atomic E-state index is 0.00594. The standard InChI is InChI=1S/C49H54F4N10O4/c1-32(34-7-10-38(11-8-34)49(51,52)53)26-55-46(35-5-3-2-4-6-35)48(67)58-43-15-9-36(27-54-43)37-28-56-63(30-37)31-45(65)62-19-17-33(18-20-62)29-60-21-23-61(24-22-60)42-14-12-39(25-40(42)50)57-41-13-16-44(64)59-47(41)66/h2-12,14-15,25,27-28,30,32-33,41,46,55,57H,13,16-24,26,29,31H2,1H3,(H,54,58,67)(H,59,64,66)/t32-,41?,46-/m1/s1. The maximum atomic E-state index is 15.2. The maximum absolute atomic E-state index is 15.2. The Balaban J connectivity index is 0.766. The van der Waals surface area contributed by atoms with E-state index < -0.39 is 29.7 Å². The molecule has 18 heteroatoms. The first-order valence-electron chi connectivity index (χ1n) is 22.7. The summed E-state index contributed by atoms with van der Waals surface area (Å²) in [6.45, 7) is 7.53. The number of carbonyl (C=O) groups is 4. The van der Waals surface area contributed by atoms with E-state index in [2.05, 4.69) is 36.2 Å². The molecule has 3 saturated heterocycles. The van der Waals surface area contributed by atoms with Gasteiger partial charge >= 0.3 is 6.18 Å². The van der Waals surface area contributed by atoms with E-state index in [9.17, 15) is 32.3 Å². The van der Waals surface area contributed by atoms with Gasteiger partial charge in [-0.1, -0.05) is 49.4 Å². The number of alkyl halides is 3. The van der Waals surface area contributed by atoms with Crippen molar-refractivity contribution < 1.29 is 36.7 Å². The number of amides is 4. The summed E-state index contributed by atoms with van der Waals surface area (Å²) in [4.78, 5) is 61.4. The molecule has 3 fully saturated rings. The van der Waals surface area contributed by atoms with Crippen molar-refractivity contribution in [2.45, 2.75) is 63.3 Å². The average Bonchev–Trinajstić information content (AvgIpc) is 3.79. The Morgan fingerprint density at radius 3 is 2.27 bits per heavy atom. The first-order valence-corrected chi connectivity index (χ1v) is 22.7. The third kappa shape index (κ3) is 12.0. The molecule has 2 aromatic heterocycles. The molecule has 3 atom stereocenters. The number of nitrogens with zero attached hydrogens (tertiary/aromatic N) is 6. The number of likely N-dealkylation sites (tertiary alicyclic amines) is 1. The highest BCUT2D eigenvalue weighted by molar-refractivity contribution is 6.01. The largest absolute Gasteiger partial charge is 0.416 e. The second-order valence-corrected chi connectivity index (χ2v) is 17.5. The van der Waals surface area contributed by atoms with Crippen LogP contribution in [0.1, 0.15) is 61.3 Å². The fourth-order valence-electron chi connectivity index (χ4n) is 8.88. The number of pyridine rings is 1. The molecule has 5 heterocycles. The van der Waals surface area contributed by atoms with Crippen molar-refractivity contribution in [1.29, 1.82) is 0 Å². The van der Waals surface area contributed by atoms with Crippen LogP contribution in [0.3, 0.4) is 0 Å². The van der Waals surface area contributed by atoms with E-state index in [0.717, 1.165) is 61.3 Å². The molecule has 0 saturated carbocycles. The Hall–Kier alpha value is -6.66. The van der Waals surface area contributed by atoms with Gasteiger partial charge in [0.05, 0.1) is 17.4 Å². The molecule has 14 nitrogen and oxygen atoms in total. The molecule has 4 amide bonds. The molecule has 0 radical (unpaired) electrons. The van der Waals surface area contributed by atoms with Gasteiger partial charge in [0.15, 0.2) is 0 Å². The normalized spacial score (nSPS) is 18.3. The van der Waals surface area contributed by atoms with Gasteiger partial charge < -0.3 is 25.8 Å². The number of hydrogen-bond acceptors (Lipinski definition) is 10. The Morgan fingerprint density at radius 1 is 0.851 bits per heavy atom. The fraction of sp³-hybridized carbons (Fsp3) is 0.388. The van der Waals surface area contributed by atoms with Crippen LogP contribution < -0.4 is 26.2 Å². The van der Waals surface area contributed by atoms with Crippen LogP contribution in [-0.4, -0.2) is 107 Å². The third-order valence-corrected chi connectivity index (χ3v) is 12.8. The van der Waals surface area contributed by atoms with Crippen molar-refractivity contribution in [2.75, 3.05) is 67.9 Å². The van der Waals surface area contributed by atoms with Gasteiger partial charge in [-0.2, -0.15) is 18.3 Å². The summed E-state index contributed by atoms with van der Waals surface area (Å²) in [6, 6.07) is 21.3. The summed E-state index contributed by atoms with van der Waals surface area (Å²) in [5.41, 5.74) is 3.26. The molecular formula is C49H54F4N10O4. The molecule has 5 aromatic rings. The van der Waals surface area contributed by atoms with E-state index in [4.69, 9.17) is 0 Å². The summed E-state index contributed by atoms with van der Waals surface area (Å²) in [6.07, 6.45) is 3.08. The lowest BCUT2D eigenvalue weighted by Crippen LogP contribution is -2.49. The first-order chi connectivity index (χ1) is 32.2. The molecule has 3 aromatic carbocycles. The van der Waals surface area contributed by atoms with Crippen LogP contribution in [0.2, 0.25) is 0 Å². The highest BCUT2D eigenvalue weighted by Gasteiger charge is 2.31. The number of rotatable bonds is 15. The van der Waals surface area contributed by atoms with Gasteiger partial charge in [-0.05, 0) is 84.7 Å². The average molecular weight is 923 g/mol. The molecule has 0 spiro atoms. The highest BCUT2D eigenvalue weighted by atomic mass is 19.4. The summed E-state index contributed by atoms with van der Waals surface area (Å²) in [5, 5.41) is 15.9. The SMILES string of the molecule is C[C@H](CN[C@@H](C(=O)Nc1ccc(-c2cnn(CC(=O)N3CCC(CN4CCN(c5ccc(NC6CCC(=O)NC6=O)cc5F)CC4)CC3)c2)cn1)c1ccccc1)c1ccc(C(F)(F)F)cc1. The second kappa shape index (κ2) is 20.9. The number of hydrogen-bond donors (Lipinski definition) is 4. The zero-order valence-corrected chi connectivity index (χ0v) is 37.1. The number of piperidine rings is 2. The van der Waals surface area contributed by atoms with E-state index >= 15 is 4.39 Å². The second-order valence-electron chi connectivity index (χ2n) is 17.5. The van der Waals surface area contributed by atoms with Gasteiger partial charge in [0, 0.05) is 88.0 Å². The fourth-order valence-corrected chi connectivity index (χ4v) is 8.88. The number of carbonyl (C=O) groups excluding carboxylic acids is 4. The monoisotopic (exact) mass is 922 g/mol. The summed E-state index contributed by atoms with van der Waals surface area (Å²) in [7, 11) is 0. The first kappa shape index (κ1) is 46.9. The van der Waals surface area contributed by atoms with Crippen molar-refractivity contribution in [3.63, 3.8) is 0 Å². The molecule has 67 heavy (non-hydrogen) atoms. The van der Waals surface area contributed by atoms with Crippen LogP contribution in [0, 0.1) is 11.7 Å². The smallest absolute Gasteiger partial charge is 0.374 e. The lowest BCUT2D eigenvalue weighted by Gasteiger charge is -2.39. The predicted molar refractivity (Wildman–Crippen MR) is 245 cm³/mol. The van der Waals surface area contributed by atoms with E-state index in [1.165, 1.54) is 18.2 Å². The Labute approximate surface area is 386 Å². The number of halogens is 4. The minimum Gasteiger partial charge on any atom is -0.374 e. The van der Waals surface area contributed by atoms with Crippen molar-refractivity contribution in [1.82, 2.24) is 35.2 Å². The summed E-state index contributed by atoms with van der Waals surface area (Å²) in [5.74, 6) is -0.806. The number of nitrogens with one attached hydrogen (secondary N) is 4. The molecule has 3 aliphatic rings. The molecule has 4 N–H and O–H groups in total. The van der Waals surface area contributed by atoms with Crippen molar-refractivity contribution in [3.8, 4) is 11.1 Å². The van der Waals surface area contributed by atoms with E-state index in [-0.39, 0.29) is 42.4 Å². The zero-order chi connectivity index (χ0) is 47.1. The van der Waals surface area contributed by atoms with Crippen LogP contribution >= 0.6 is 0 Å². The minimum atomic E-state index is -4.42. The van der Waals surface area contributed by atoms with E-state index in [0.29, 0.717) is 67.8 Å². The van der Waals surface area contributed by atoms with Gasteiger partial charge in [-0.3, -0.25) is 34.1 Å². The van der Waals surface area contributed by atoms with Crippen LogP contribution in [0.5, 0.6) is 0 Å². The predicted octanol–water partition coefficient (Wildman–Crippen LogP) is 6.45. The van der Waals surface area contributed by atoms with Crippen LogP contribution in [-0.2, 0) is 31.9 Å². The molecule has 1 unspecified atom stereocenters. The number of imide groups is 1. The Kier molecular flexibility index (Phi) is 14.6. The third-order valence-electron chi connectivity index (χ3n) is 12.8. The van der Waals surface area contributed by atoms with Crippen molar-refractivity contribution in [2.24, 2.45) is 5.92 Å². The molecule has 8 rings (SSSR count). The Bertz CT molecular complexity index is 2510. The number of aromatic nitrogens is 3. The number of anilines is 3. The van der Waals surface area contributed by atoms with Gasteiger partial charge in [0.1, 0.15) is 30.3 Å². The summed E-state index contributed by atoms with van der Waals surface area (Å²) >= 11 is 0. The van der Waals surface area contributed by atoms with Gasteiger partial charge in [0.25, 0.3) is 0 Å². The summed E-state index contributed by atoms with van der Waals surface area (Å²) < 4.78 is 56.1. The molecule has 352 valence electrons. The van der Waals surface area contributed by atoms with Gasteiger partial charge in [-0.15, -0.1) is 0 Å². The van der Waals surface area contributed by atoms with Crippen LogP contribution in [0.25, 0.3) is 11.1 Å².